The molecule has 1 aliphatic heterocycles. The number of hydrogen-bond donors (Lipinski definition) is 3. The predicted molar refractivity (Wildman–Crippen MR) is 102 cm³/mol. The Labute approximate surface area is 152 Å². The molecule has 3 N–H and O–H groups in total. The molecule has 26 heavy (non-hydrogen) atoms. The Bertz CT molecular complexity index is 917. The largest absolute Gasteiger partial charge is 0.312 e. The third-order valence-corrected chi connectivity index (χ3v) is 4.50. The molecule has 2 aromatic carbocycles. The van der Waals surface area contributed by atoms with E-state index in [1.54, 1.807) is 11.6 Å². The number of hydrogen-bond acceptors (Lipinski definition) is 4. The molecule has 3 rings (SSSR count). The number of carbonyl (C=O) groups is 1. The first kappa shape index (κ1) is 18.0. The maximum Gasteiger partial charge on any atom is 0.267 e. The second kappa shape index (κ2) is 8.56. The van der Waals surface area contributed by atoms with E-state index in [1.165, 1.54) is 22.4 Å². The van der Waals surface area contributed by atoms with Crippen molar-refractivity contribution in [2.75, 3.05) is 6.54 Å². The Morgan fingerprint density at radius 3 is 2.73 bits per heavy atom. The van der Waals surface area contributed by atoms with Gasteiger partial charge in [-0.2, -0.15) is 0 Å². The zero-order chi connectivity index (χ0) is 18.4. The highest BCUT2D eigenvalue weighted by molar-refractivity contribution is 5.90. The van der Waals surface area contributed by atoms with Crippen LogP contribution in [0.1, 0.15) is 24.5 Å². The molecule has 5 nitrogen and oxygen atoms in total. The van der Waals surface area contributed by atoms with Crippen LogP contribution in [0.25, 0.3) is 11.6 Å². The molecule has 0 fully saturated rings. The Balaban J connectivity index is 1.51. The molecule has 1 atom stereocenters. The van der Waals surface area contributed by atoms with Gasteiger partial charge in [0.15, 0.2) is 0 Å². The summed E-state index contributed by atoms with van der Waals surface area (Å²) in [5.41, 5.74) is 5.06. The lowest BCUT2D eigenvalue weighted by atomic mass is 10.0. The third-order valence-electron chi connectivity index (χ3n) is 4.50. The fraction of sp³-hybridized carbons (Fsp3) is 0.238. The van der Waals surface area contributed by atoms with Crippen molar-refractivity contribution < 1.29 is 10.0 Å². The summed E-state index contributed by atoms with van der Waals surface area (Å²) in [6, 6.07) is 16.5. The molecule has 0 aliphatic carbocycles. The van der Waals surface area contributed by atoms with Gasteiger partial charge in [-0.05, 0) is 48.7 Å². The Morgan fingerprint density at radius 1 is 1.19 bits per heavy atom. The summed E-state index contributed by atoms with van der Waals surface area (Å²) < 4.78 is 0. The van der Waals surface area contributed by atoms with Gasteiger partial charge in [0.25, 0.3) is 5.91 Å². The van der Waals surface area contributed by atoms with Crippen LogP contribution in [0.2, 0.25) is 0 Å². The van der Waals surface area contributed by atoms with Gasteiger partial charge >= 0.3 is 0 Å². The highest BCUT2D eigenvalue weighted by Crippen LogP contribution is 2.12. The summed E-state index contributed by atoms with van der Waals surface area (Å²) in [6.07, 6.45) is 3.93. The molecule has 0 bridgehead atoms. The summed E-state index contributed by atoms with van der Waals surface area (Å²) in [7, 11) is 0. The quantitative estimate of drug-likeness (QED) is 0.307. The van der Waals surface area contributed by atoms with Crippen LogP contribution in [-0.4, -0.2) is 23.7 Å². The molecule has 0 saturated heterocycles. The lowest BCUT2D eigenvalue weighted by Crippen LogP contribution is -2.24. The van der Waals surface area contributed by atoms with E-state index in [1.807, 2.05) is 30.3 Å². The molecular weight excluding hydrogens is 326 g/mol. The van der Waals surface area contributed by atoms with Crippen LogP contribution < -0.4 is 21.4 Å². The number of fused-ring (bicyclic) bond motifs is 1. The van der Waals surface area contributed by atoms with E-state index >= 15 is 0 Å². The molecule has 134 valence electrons. The van der Waals surface area contributed by atoms with Crippen molar-refractivity contribution in [3.8, 4) is 0 Å². The Morgan fingerprint density at radius 2 is 1.96 bits per heavy atom. The smallest absolute Gasteiger partial charge is 0.267 e. The molecule has 1 unspecified atom stereocenters. The molecule has 1 aliphatic rings. The maximum absolute atomic E-state index is 11.0. The molecule has 1 heterocycles. The van der Waals surface area contributed by atoms with Gasteiger partial charge in [0.2, 0.25) is 0 Å². The number of carbonyl (C=O) groups excluding carboxylic acids is 1. The minimum absolute atomic E-state index is 0.261. The van der Waals surface area contributed by atoms with Gasteiger partial charge in [0.05, 0.1) is 11.4 Å². The fourth-order valence-electron chi connectivity index (χ4n) is 3.12. The number of nitrogens with zero attached hydrogens (tertiary/aromatic N) is 1. The first-order valence-electron chi connectivity index (χ1n) is 8.75. The van der Waals surface area contributed by atoms with Crippen molar-refractivity contribution in [1.29, 1.82) is 0 Å². The summed E-state index contributed by atoms with van der Waals surface area (Å²) in [5, 5.41) is 14.3. The van der Waals surface area contributed by atoms with Gasteiger partial charge in [-0.1, -0.05) is 42.5 Å². The minimum Gasteiger partial charge on any atom is -0.312 e. The number of benzene rings is 2. The fourth-order valence-corrected chi connectivity index (χ4v) is 3.12. The summed E-state index contributed by atoms with van der Waals surface area (Å²) in [4.78, 5) is 15.7. The van der Waals surface area contributed by atoms with Crippen molar-refractivity contribution in [2.45, 2.75) is 25.9 Å². The lowest BCUT2D eigenvalue weighted by molar-refractivity contribution is -0.124. The maximum atomic E-state index is 11.0. The van der Waals surface area contributed by atoms with Gasteiger partial charge in [-0.3, -0.25) is 15.0 Å². The first-order chi connectivity index (χ1) is 12.7. The number of para-hydroxylation sites is 1. The Kier molecular flexibility index (Phi) is 5.94. The second-order valence-electron chi connectivity index (χ2n) is 6.33. The van der Waals surface area contributed by atoms with E-state index in [0.29, 0.717) is 0 Å². The number of hydroxylamine groups is 1. The van der Waals surface area contributed by atoms with Gasteiger partial charge in [0, 0.05) is 17.8 Å². The normalized spacial score (nSPS) is 15.8. The first-order valence-corrected chi connectivity index (χ1v) is 8.75. The van der Waals surface area contributed by atoms with E-state index < -0.39 is 5.91 Å². The van der Waals surface area contributed by atoms with E-state index in [-0.39, 0.29) is 6.04 Å². The summed E-state index contributed by atoms with van der Waals surface area (Å²) in [6.45, 7) is 3.85. The number of amides is 1. The van der Waals surface area contributed by atoms with Crippen LogP contribution in [0.5, 0.6) is 0 Å². The van der Waals surface area contributed by atoms with Crippen LogP contribution in [0.15, 0.2) is 59.6 Å². The van der Waals surface area contributed by atoms with E-state index in [2.05, 4.69) is 30.4 Å². The zero-order valence-electron chi connectivity index (χ0n) is 14.8. The van der Waals surface area contributed by atoms with Crippen LogP contribution in [0.3, 0.4) is 0 Å². The van der Waals surface area contributed by atoms with E-state index in [4.69, 9.17) is 10.2 Å². The van der Waals surface area contributed by atoms with Crippen molar-refractivity contribution in [3.63, 3.8) is 0 Å². The molecular formula is C21H23N3O2. The van der Waals surface area contributed by atoms with Gasteiger partial charge in [-0.15, -0.1) is 0 Å². The summed E-state index contributed by atoms with van der Waals surface area (Å²) >= 11 is 0. The highest BCUT2D eigenvalue weighted by atomic mass is 16.5. The molecule has 0 radical (unpaired) electrons. The van der Waals surface area contributed by atoms with Crippen molar-refractivity contribution in [3.05, 3.63) is 76.3 Å². The van der Waals surface area contributed by atoms with Gasteiger partial charge in [-0.25, -0.2) is 5.48 Å². The predicted octanol–water partition coefficient (Wildman–Crippen LogP) is 1.56. The standard InChI is InChI=1S/C21H23N3O2/c1-15-18(19-4-2-3-5-20(19)23-15)12-13-22-14-17-8-6-16(7-9-17)10-11-21(25)24-26/h2-11,15,22,26H,12-14H2,1H3,(H,24,25). The third kappa shape index (κ3) is 4.45. The van der Waals surface area contributed by atoms with E-state index in [9.17, 15) is 4.79 Å². The number of rotatable bonds is 7. The molecule has 0 spiro atoms. The molecule has 2 aromatic rings. The topological polar surface area (TPSA) is 73.7 Å². The van der Waals surface area contributed by atoms with Crippen LogP contribution in [0, 0.1) is 0 Å². The molecule has 1 amide bonds. The second-order valence-corrected chi connectivity index (χ2v) is 6.33. The zero-order valence-corrected chi connectivity index (χ0v) is 14.8. The Hall–Kier alpha value is -2.76. The SMILES string of the molecule is CC1N=c2ccccc2=C1CCNCc1ccc(C=CC(=O)NO)cc1. The summed E-state index contributed by atoms with van der Waals surface area (Å²) in [5.74, 6) is -0.539. The van der Waals surface area contributed by atoms with Crippen LogP contribution in [-0.2, 0) is 11.3 Å². The monoisotopic (exact) mass is 349 g/mol. The minimum atomic E-state index is -0.539. The van der Waals surface area contributed by atoms with Crippen molar-refractivity contribution >= 4 is 17.6 Å². The van der Waals surface area contributed by atoms with Crippen molar-refractivity contribution in [2.24, 2.45) is 4.99 Å². The van der Waals surface area contributed by atoms with E-state index in [0.717, 1.165) is 30.4 Å². The average molecular weight is 349 g/mol. The van der Waals surface area contributed by atoms with Gasteiger partial charge in [0.1, 0.15) is 0 Å². The highest BCUT2D eigenvalue weighted by Gasteiger charge is 2.13. The van der Waals surface area contributed by atoms with Gasteiger partial charge < -0.3 is 5.32 Å². The number of nitrogens with one attached hydrogen (secondary N) is 2. The van der Waals surface area contributed by atoms with Crippen molar-refractivity contribution in [1.82, 2.24) is 10.8 Å². The lowest BCUT2D eigenvalue weighted by Gasteiger charge is -2.09. The molecule has 0 aromatic heterocycles. The molecule has 0 saturated carbocycles. The molecule has 5 heteroatoms. The average Bonchev–Trinajstić information content (AvgIpc) is 2.99. The van der Waals surface area contributed by atoms with Crippen LogP contribution >= 0.6 is 0 Å². The van der Waals surface area contributed by atoms with Crippen LogP contribution in [0.4, 0.5) is 0 Å².